The van der Waals surface area contributed by atoms with Crippen molar-refractivity contribution in [1.29, 1.82) is 0 Å². The van der Waals surface area contributed by atoms with E-state index in [9.17, 15) is 26.4 Å². The Kier molecular flexibility index (Phi) is 5.05. The summed E-state index contributed by atoms with van der Waals surface area (Å²) >= 11 is 0. The molecule has 2 atom stereocenters. The molecule has 0 radical (unpaired) electrons. The van der Waals surface area contributed by atoms with Gasteiger partial charge >= 0.3 is 6.18 Å². The number of alkyl halides is 3. The van der Waals surface area contributed by atoms with E-state index in [1.807, 2.05) is 0 Å². The molecule has 1 aromatic carbocycles. The molecular formula is C16H18F3NO5S. The third-order valence-electron chi connectivity index (χ3n) is 4.58. The molecule has 1 saturated carbocycles. The number of hydrogen-bond donors (Lipinski definition) is 1. The van der Waals surface area contributed by atoms with Gasteiger partial charge in [0.15, 0.2) is 11.5 Å². The second kappa shape index (κ2) is 6.98. The number of carbonyl (C=O) groups is 1. The second-order valence-electron chi connectivity index (χ2n) is 6.31. The number of amides is 1. The molecule has 0 aromatic heterocycles. The third kappa shape index (κ3) is 3.89. The van der Waals surface area contributed by atoms with E-state index in [0.29, 0.717) is 25.2 Å². The number of carbonyl (C=O) groups excluding carboxylic acids is 1. The van der Waals surface area contributed by atoms with Crippen LogP contribution in [0.3, 0.4) is 0 Å². The Labute approximate surface area is 148 Å². The molecule has 1 aromatic rings. The highest BCUT2D eigenvalue weighted by molar-refractivity contribution is 7.90. The minimum Gasteiger partial charge on any atom is -0.486 e. The van der Waals surface area contributed by atoms with Gasteiger partial charge in [-0.3, -0.25) is 4.79 Å². The number of benzene rings is 1. The van der Waals surface area contributed by atoms with E-state index < -0.39 is 33.9 Å². The molecule has 6 nitrogen and oxygen atoms in total. The molecule has 144 valence electrons. The SMILES string of the molecule is O=C(NS(=O)(=O)c1ccc2c(c1)OCCO2)[C@H]1CCCC[C@@H]1C(F)(F)F. The van der Waals surface area contributed by atoms with Crippen molar-refractivity contribution in [2.45, 2.75) is 36.8 Å². The Balaban J connectivity index is 1.79. The van der Waals surface area contributed by atoms with Crippen LogP contribution in [0.15, 0.2) is 23.1 Å². The van der Waals surface area contributed by atoms with Crippen LogP contribution >= 0.6 is 0 Å². The fourth-order valence-corrected chi connectivity index (χ4v) is 4.34. The van der Waals surface area contributed by atoms with Crippen molar-refractivity contribution in [3.8, 4) is 11.5 Å². The number of nitrogens with one attached hydrogen (secondary N) is 1. The number of sulfonamides is 1. The second-order valence-corrected chi connectivity index (χ2v) is 8.00. The van der Waals surface area contributed by atoms with Crippen molar-refractivity contribution in [2.75, 3.05) is 13.2 Å². The number of halogens is 3. The predicted molar refractivity (Wildman–Crippen MR) is 84.3 cm³/mol. The number of hydrogen-bond acceptors (Lipinski definition) is 5. The summed E-state index contributed by atoms with van der Waals surface area (Å²) in [4.78, 5) is 12.0. The van der Waals surface area contributed by atoms with Crippen LogP contribution in [0.2, 0.25) is 0 Å². The Morgan fingerprint density at radius 3 is 2.42 bits per heavy atom. The molecule has 1 amide bonds. The minimum atomic E-state index is -4.54. The van der Waals surface area contributed by atoms with Gasteiger partial charge in [-0.25, -0.2) is 13.1 Å². The molecule has 0 spiro atoms. The van der Waals surface area contributed by atoms with Crippen LogP contribution in [-0.2, 0) is 14.8 Å². The Morgan fingerprint density at radius 2 is 1.73 bits per heavy atom. The Bertz CT molecular complexity index is 794. The summed E-state index contributed by atoms with van der Waals surface area (Å²) in [7, 11) is -4.31. The van der Waals surface area contributed by atoms with Gasteiger partial charge in [0.05, 0.1) is 16.7 Å². The predicted octanol–water partition coefficient (Wildman–Crippen LogP) is 2.63. The largest absolute Gasteiger partial charge is 0.486 e. The first-order valence-corrected chi connectivity index (χ1v) is 9.70. The van der Waals surface area contributed by atoms with Gasteiger partial charge in [-0.1, -0.05) is 12.8 Å². The highest BCUT2D eigenvalue weighted by atomic mass is 32.2. The van der Waals surface area contributed by atoms with Crippen molar-refractivity contribution in [1.82, 2.24) is 4.72 Å². The summed E-state index contributed by atoms with van der Waals surface area (Å²) in [6, 6.07) is 3.78. The lowest BCUT2D eigenvalue weighted by Gasteiger charge is -2.31. The third-order valence-corrected chi connectivity index (χ3v) is 5.93. The van der Waals surface area contributed by atoms with Gasteiger partial charge in [0.25, 0.3) is 10.0 Å². The van der Waals surface area contributed by atoms with Crippen molar-refractivity contribution in [3.63, 3.8) is 0 Å². The highest BCUT2D eigenvalue weighted by Crippen LogP contribution is 2.41. The van der Waals surface area contributed by atoms with E-state index >= 15 is 0 Å². The van der Waals surface area contributed by atoms with E-state index in [4.69, 9.17) is 9.47 Å². The van der Waals surface area contributed by atoms with Gasteiger partial charge in [-0.15, -0.1) is 0 Å². The van der Waals surface area contributed by atoms with Crippen molar-refractivity contribution in [2.24, 2.45) is 11.8 Å². The summed E-state index contributed by atoms with van der Waals surface area (Å²) in [6.07, 6.45) is -3.89. The molecule has 1 aliphatic carbocycles. The van der Waals surface area contributed by atoms with Crippen molar-refractivity contribution >= 4 is 15.9 Å². The highest BCUT2D eigenvalue weighted by Gasteiger charge is 2.48. The molecule has 1 aliphatic heterocycles. The van der Waals surface area contributed by atoms with E-state index in [1.54, 1.807) is 4.72 Å². The first-order chi connectivity index (χ1) is 12.2. The maximum absolute atomic E-state index is 13.1. The summed E-state index contributed by atoms with van der Waals surface area (Å²) in [6.45, 7) is 0.578. The molecular weight excluding hydrogens is 375 g/mol. The fourth-order valence-electron chi connectivity index (χ4n) is 3.29. The van der Waals surface area contributed by atoms with Crippen molar-refractivity contribution < 1.29 is 35.9 Å². The summed E-state index contributed by atoms with van der Waals surface area (Å²) < 4.78 is 76.6. The maximum Gasteiger partial charge on any atom is 0.392 e. The van der Waals surface area contributed by atoms with Gasteiger partial charge < -0.3 is 9.47 Å². The lowest BCUT2D eigenvalue weighted by atomic mass is 9.78. The first kappa shape index (κ1) is 18.8. The quantitative estimate of drug-likeness (QED) is 0.854. The summed E-state index contributed by atoms with van der Waals surface area (Å²) in [5, 5.41) is 0. The fraction of sp³-hybridized carbons (Fsp3) is 0.562. The zero-order valence-corrected chi connectivity index (χ0v) is 14.5. The molecule has 1 heterocycles. The van der Waals surface area contributed by atoms with E-state index in [0.717, 1.165) is 0 Å². The van der Waals surface area contributed by atoms with E-state index in [-0.39, 0.29) is 30.1 Å². The van der Waals surface area contributed by atoms with Gasteiger partial charge in [0, 0.05) is 6.07 Å². The van der Waals surface area contributed by atoms with Crippen LogP contribution in [0.25, 0.3) is 0 Å². The number of ether oxygens (including phenoxy) is 2. The topological polar surface area (TPSA) is 81.7 Å². The van der Waals surface area contributed by atoms with Crippen LogP contribution in [0.5, 0.6) is 11.5 Å². The molecule has 0 saturated heterocycles. The summed E-state index contributed by atoms with van der Waals surface area (Å²) in [5.74, 6) is -3.78. The molecule has 10 heteroatoms. The molecule has 0 unspecified atom stereocenters. The molecule has 1 N–H and O–H groups in total. The standard InChI is InChI=1S/C16H18F3NO5S/c17-16(18,19)12-4-2-1-3-11(12)15(21)20-26(22,23)10-5-6-13-14(9-10)25-8-7-24-13/h5-6,9,11-12H,1-4,7-8H2,(H,20,21)/t11-,12-/m0/s1. The molecule has 3 rings (SSSR count). The molecule has 26 heavy (non-hydrogen) atoms. The van der Waals surface area contributed by atoms with E-state index in [1.165, 1.54) is 18.2 Å². The number of rotatable bonds is 3. The molecule has 2 aliphatic rings. The lowest BCUT2D eigenvalue weighted by Crippen LogP contribution is -2.44. The lowest BCUT2D eigenvalue weighted by molar-refractivity contribution is -0.197. The van der Waals surface area contributed by atoms with Gasteiger partial charge in [-0.2, -0.15) is 13.2 Å². The average molecular weight is 393 g/mol. The van der Waals surface area contributed by atoms with Crippen molar-refractivity contribution in [3.05, 3.63) is 18.2 Å². The zero-order chi connectivity index (χ0) is 18.9. The van der Waals surface area contributed by atoms with E-state index in [2.05, 4.69) is 0 Å². The van der Waals surface area contributed by atoms with Gasteiger partial charge in [0.1, 0.15) is 13.2 Å². The van der Waals surface area contributed by atoms with Crippen LogP contribution < -0.4 is 14.2 Å². The summed E-state index contributed by atoms with van der Waals surface area (Å²) in [5.41, 5.74) is 0. The Morgan fingerprint density at radius 1 is 1.08 bits per heavy atom. The maximum atomic E-state index is 13.1. The monoisotopic (exact) mass is 393 g/mol. The number of fused-ring (bicyclic) bond motifs is 1. The molecule has 0 bridgehead atoms. The van der Waals surface area contributed by atoms with Crippen LogP contribution in [-0.4, -0.2) is 33.7 Å². The molecule has 1 fully saturated rings. The van der Waals surface area contributed by atoms with Crippen LogP contribution in [0.4, 0.5) is 13.2 Å². The smallest absolute Gasteiger partial charge is 0.392 e. The normalized spacial score (nSPS) is 23.3. The van der Waals surface area contributed by atoms with Gasteiger partial charge in [0.2, 0.25) is 5.91 Å². The van der Waals surface area contributed by atoms with Crippen LogP contribution in [0, 0.1) is 11.8 Å². The van der Waals surface area contributed by atoms with Gasteiger partial charge in [-0.05, 0) is 25.0 Å². The first-order valence-electron chi connectivity index (χ1n) is 8.21. The van der Waals surface area contributed by atoms with Crippen LogP contribution in [0.1, 0.15) is 25.7 Å². The Hall–Kier alpha value is -1.97. The average Bonchev–Trinajstić information content (AvgIpc) is 2.60. The minimum absolute atomic E-state index is 0.00662. The zero-order valence-electron chi connectivity index (χ0n) is 13.7.